The maximum atomic E-state index is 4.92. The minimum Gasteiger partial charge on any atom is -0.396 e. The van der Waals surface area contributed by atoms with Gasteiger partial charge >= 0.3 is 0 Å². The normalized spacial score (nSPS) is 10.6. The zero-order chi connectivity index (χ0) is 13.5. The first-order valence-electron chi connectivity index (χ1n) is 6.11. The summed E-state index contributed by atoms with van der Waals surface area (Å²) in [6, 6.07) is 11.6. The molecule has 0 saturated carbocycles. The van der Waals surface area contributed by atoms with Crippen LogP contribution < -0.4 is 5.32 Å². The lowest BCUT2D eigenvalue weighted by atomic mass is 10.3. The molecule has 19 heavy (non-hydrogen) atoms. The second-order valence-electron chi connectivity index (χ2n) is 3.90. The summed E-state index contributed by atoms with van der Waals surface area (Å²) in [5, 5.41) is 6.96. The van der Waals surface area contributed by atoms with Gasteiger partial charge in [0, 0.05) is 11.4 Å². The largest absolute Gasteiger partial charge is 0.396 e. The van der Waals surface area contributed by atoms with Crippen molar-refractivity contribution in [1.29, 1.82) is 0 Å². The zero-order valence-electron chi connectivity index (χ0n) is 11.0. The number of hydrogen-bond acceptors (Lipinski definition) is 5. The smallest absolute Gasteiger partial charge is 0.228 e. The highest BCUT2D eigenvalue weighted by molar-refractivity contribution is 5.77. The molecule has 0 radical (unpaired) electrons. The highest BCUT2D eigenvalue weighted by Gasteiger charge is 2.01. The second kappa shape index (κ2) is 6.49. The summed E-state index contributed by atoms with van der Waals surface area (Å²) in [5.41, 5.74) is 2.52. The van der Waals surface area contributed by atoms with Gasteiger partial charge in [-0.1, -0.05) is 23.4 Å². The number of nitrogens with zero attached hydrogens (tertiary/aromatic N) is 3. The van der Waals surface area contributed by atoms with E-state index in [2.05, 4.69) is 20.4 Å². The summed E-state index contributed by atoms with van der Waals surface area (Å²) >= 11 is 0. The second-order valence-corrected chi connectivity index (χ2v) is 3.90. The molecule has 0 fully saturated rings. The summed E-state index contributed by atoms with van der Waals surface area (Å²) < 4.78 is 0. The molecule has 0 aliphatic carbocycles. The fraction of sp³-hybridized carbons (Fsp3) is 0.214. The van der Waals surface area contributed by atoms with Crippen LogP contribution in [0.1, 0.15) is 18.3 Å². The third-order valence-electron chi connectivity index (χ3n) is 2.29. The molecular weight excluding hydrogens is 240 g/mol. The summed E-state index contributed by atoms with van der Waals surface area (Å²) in [6.07, 6.45) is 1.58. The topological polar surface area (TPSA) is 59.4 Å². The Hall–Kier alpha value is -2.43. The molecule has 0 aliphatic heterocycles. The maximum Gasteiger partial charge on any atom is 0.228 e. The van der Waals surface area contributed by atoms with Crippen molar-refractivity contribution < 1.29 is 4.84 Å². The number of rotatable bonds is 5. The summed E-state index contributed by atoms with van der Waals surface area (Å²) in [4.78, 5) is 13.6. The summed E-state index contributed by atoms with van der Waals surface area (Å²) in [5.74, 6) is 0.546. The number of hydrogen-bond donors (Lipinski definition) is 1. The van der Waals surface area contributed by atoms with E-state index in [-0.39, 0.29) is 0 Å². The molecule has 0 atom stereocenters. The molecule has 0 aliphatic rings. The minimum atomic E-state index is 0.537. The van der Waals surface area contributed by atoms with E-state index < -0.39 is 0 Å². The Bertz CT molecular complexity index is 555. The van der Waals surface area contributed by atoms with Crippen LogP contribution in [0.25, 0.3) is 0 Å². The monoisotopic (exact) mass is 256 g/mol. The van der Waals surface area contributed by atoms with Gasteiger partial charge in [-0.15, -0.1) is 0 Å². The molecule has 5 nitrogen and oxygen atoms in total. The molecule has 1 aromatic carbocycles. The van der Waals surface area contributed by atoms with Gasteiger partial charge in [-0.3, -0.25) is 0 Å². The molecule has 1 heterocycles. The van der Waals surface area contributed by atoms with Gasteiger partial charge in [0.15, 0.2) is 0 Å². The van der Waals surface area contributed by atoms with Crippen LogP contribution in [0.5, 0.6) is 0 Å². The molecule has 5 heteroatoms. The van der Waals surface area contributed by atoms with Crippen molar-refractivity contribution in [1.82, 2.24) is 9.97 Å². The van der Waals surface area contributed by atoms with E-state index in [1.807, 2.05) is 50.2 Å². The van der Waals surface area contributed by atoms with Crippen LogP contribution in [-0.2, 0) is 4.84 Å². The van der Waals surface area contributed by atoms with Crippen LogP contribution in [0.15, 0.2) is 41.6 Å². The Morgan fingerprint density at radius 2 is 2.05 bits per heavy atom. The predicted octanol–water partition coefficient (Wildman–Crippen LogP) is 2.90. The van der Waals surface area contributed by atoms with Crippen molar-refractivity contribution in [3.05, 3.63) is 47.8 Å². The molecule has 0 unspecified atom stereocenters. The zero-order valence-corrected chi connectivity index (χ0v) is 11.0. The number of para-hydroxylation sites is 1. The van der Waals surface area contributed by atoms with Crippen LogP contribution in [0.2, 0.25) is 0 Å². The fourth-order valence-electron chi connectivity index (χ4n) is 1.53. The van der Waals surface area contributed by atoms with Crippen LogP contribution in [-0.4, -0.2) is 22.8 Å². The van der Waals surface area contributed by atoms with Gasteiger partial charge in [0.1, 0.15) is 6.61 Å². The first kappa shape index (κ1) is 13.0. The molecule has 0 saturated heterocycles. The first-order chi connectivity index (χ1) is 9.28. The van der Waals surface area contributed by atoms with Crippen LogP contribution in [0.3, 0.4) is 0 Å². The van der Waals surface area contributed by atoms with Gasteiger partial charge in [0.25, 0.3) is 0 Å². The predicted molar refractivity (Wildman–Crippen MR) is 75.7 cm³/mol. The van der Waals surface area contributed by atoms with Gasteiger partial charge in [-0.25, -0.2) is 9.97 Å². The van der Waals surface area contributed by atoms with E-state index in [4.69, 9.17) is 4.84 Å². The molecule has 2 aromatic rings. The number of aromatic nitrogens is 2. The Labute approximate surface area is 112 Å². The number of oxime groups is 1. The number of nitrogens with one attached hydrogen (secondary N) is 1. The molecule has 2 rings (SSSR count). The maximum absolute atomic E-state index is 4.92. The van der Waals surface area contributed by atoms with E-state index in [0.29, 0.717) is 18.2 Å². The van der Waals surface area contributed by atoms with Crippen molar-refractivity contribution in [2.45, 2.75) is 13.8 Å². The average Bonchev–Trinajstić information content (AvgIpc) is 2.39. The Morgan fingerprint density at radius 1 is 1.26 bits per heavy atom. The van der Waals surface area contributed by atoms with Gasteiger partial charge in [0.05, 0.1) is 11.9 Å². The van der Waals surface area contributed by atoms with Crippen molar-refractivity contribution in [2.75, 3.05) is 11.9 Å². The minimum absolute atomic E-state index is 0.537. The number of benzene rings is 1. The number of anilines is 2. The molecule has 0 spiro atoms. The number of aryl methyl sites for hydroxylation is 1. The lowest BCUT2D eigenvalue weighted by Crippen LogP contribution is -2.01. The molecule has 1 aromatic heterocycles. The SMILES string of the molecule is CCO/N=C/c1cc(C)nc(Nc2ccccc2)n1. The van der Waals surface area contributed by atoms with Gasteiger partial charge in [-0.05, 0) is 32.0 Å². The third kappa shape index (κ3) is 4.06. The lowest BCUT2D eigenvalue weighted by Gasteiger charge is -2.06. The van der Waals surface area contributed by atoms with E-state index in [1.165, 1.54) is 0 Å². The van der Waals surface area contributed by atoms with Crippen molar-refractivity contribution in [2.24, 2.45) is 5.16 Å². The van der Waals surface area contributed by atoms with Gasteiger partial charge in [-0.2, -0.15) is 0 Å². The van der Waals surface area contributed by atoms with Gasteiger partial charge < -0.3 is 10.2 Å². The Morgan fingerprint density at radius 3 is 2.79 bits per heavy atom. The molecular formula is C14H16N4O. The third-order valence-corrected chi connectivity index (χ3v) is 2.29. The lowest BCUT2D eigenvalue weighted by molar-refractivity contribution is 0.160. The standard InChI is InChI=1S/C14H16N4O/c1-3-19-15-10-13-9-11(2)16-14(18-13)17-12-7-5-4-6-8-12/h4-10H,3H2,1-2H3,(H,16,17,18)/b15-10+. The van der Waals surface area contributed by atoms with Crippen LogP contribution in [0, 0.1) is 6.92 Å². The molecule has 1 N–H and O–H groups in total. The van der Waals surface area contributed by atoms with E-state index in [9.17, 15) is 0 Å². The Kier molecular flexibility index (Phi) is 4.44. The highest BCUT2D eigenvalue weighted by Crippen LogP contribution is 2.12. The van der Waals surface area contributed by atoms with Crippen LogP contribution >= 0.6 is 0 Å². The quantitative estimate of drug-likeness (QED) is 0.660. The van der Waals surface area contributed by atoms with E-state index in [0.717, 1.165) is 11.4 Å². The Balaban J connectivity index is 2.17. The van der Waals surface area contributed by atoms with Crippen molar-refractivity contribution >= 4 is 17.9 Å². The summed E-state index contributed by atoms with van der Waals surface area (Å²) in [6.45, 7) is 4.33. The summed E-state index contributed by atoms with van der Waals surface area (Å²) in [7, 11) is 0. The van der Waals surface area contributed by atoms with Gasteiger partial charge in [0.2, 0.25) is 5.95 Å². The molecule has 98 valence electrons. The van der Waals surface area contributed by atoms with E-state index >= 15 is 0 Å². The first-order valence-corrected chi connectivity index (χ1v) is 6.11. The average molecular weight is 256 g/mol. The van der Waals surface area contributed by atoms with E-state index in [1.54, 1.807) is 6.21 Å². The molecule has 0 amide bonds. The van der Waals surface area contributed by atoms with Crippen LogP contribution in [0.4, 0.5) is 11.6 Å². The fourth-order valence-corrected chi connectivity index (χ4v) is 1.53. The van der Waals surface area contributed by atoms with Crippen molar-refractivity contribution in [3.8, 4) is 0 Å². The van der Waals surface area contributed by atoms with Crippen molar-refractivity contribution in [3.63, 3.8) is 0 Å². The molecule has 0 bridgehead atoms. The highest BCUT2D eigenvalue weighted by atomic mass is 16.6.